The number of nitrogens with one attached hydrogen (secondary N) is 2. The number of aromatic amines is 1. The van der Waals surface area contributed by atoms with Crippen molar-refractivity contribution in [1.82, 2.24) is 14.6 Å². The van der Waals surface area contributed by atoms with Crippen LogP contribution in [-0.4, -0.2) is 49.9 Å². The molecule has 3 rings (SSSR count). The zero-order valence-electron chi connectivity index (χ0n) is 14.8. The summed E-state index contributed by atoms with van der Waals surface area (Å²) >= 11 is 0. The predicted octanol–water partition coefficient (Wildman–Crippen LogP) is 0.967. The highest BCUT2D eigenvalue weighted by Gasteiger charge is 2.30. The van der Waals surface area contributed by atoms with E-state index < -0.39 is 21.5 Å². The Morgan fingerprint density at radius 1 is 1.19 bits per heavy atom. The van der Waals surface area contributed by atoms with Crippen molar-refractivity contribution in [3.63, 3.8) is 0 Å². The van der Waals surface area contributed by atoms with Gasteiger partial charge in [0.25, 0.3) is 11.5 Å². The molecule has 0 atom stereocenters. The lowest BCUT2D eigenvalue weighted by Gasteiger charge is -2.31. The smallest absolute Gasteiger partial charge is 0.260 e. The van der Waals surface area contributed by atoms with Gasteiger partial charge in [0.1, 0.15) is 11.3 Å². The summed E-state index contributed by atoms with van der Waals surface area (Å²) in [6.07, 6.45) is 2.42. The molecule has 0 aliphatic carbocycles. The van der Waals surface area contributed by atoms with Gasteiger partial charge in [-0.25, -0.2) is 8.42 Å². The highest BCUT2D eigenvalue weighted by molar-refractivity contribution is 7.89. The minimum absolute atomic E-state index is 0.0470. The third kappa shape index (κ3) is 4.20. The van der Waals surface area contributed by atoms with Crippen molar-refractivity contribution < 1.29 is 17.9 Å². The molecule has 0 spiro atoms. The highest BCUT2D eigenvalue weighted by Crippen LogP contribution is 2.22. The normalized spacial score (nSPS) is 16.0. The van der Waals surface area contributed by atoms with Crippen LogP contribution < -0.4 is 15.6 Å². The molecule has 0 bridgehead atoms. The number of rotatable bonds is 5. The monoisotopic (exact) mass is 391 g/mol. The van der Waals surface area contributed by atoms with Gasteiger partial charge >= 0.3 is 0 Å². The Balaban J connectivity index is 1.62. The van der Waals surface area contributed by atoms with Crippen molar-refractivity contribution >= 4 is 15.9 Å². The highest BCUT2D eigenvalue weighted by atomic mass is 32.2. The topological polar surface area (TPSA) is 109 Å². The summed E-state index contributed by atoms with van der Waals surface area (Å²) in [5.41, 5.74) is -0.402. The number of H-pyrrole nitrogens is 1. The molecule has 0 saturated carbocycles. The number of methoxy groups -OCH3 is 1. The maximum Gasteiger partial charge on any atom is 0.260 e. The van der Waals surface area contributed by atoms with Gasteiger partial charge in [0.2, 0.25) is 10.0 Å². The third-order valence-electron chi connectivity index (χ3n) is 4.55. The fraction of sp³-hybridized carbons (Fsp3) is 0.333. The first kappa shape index (κ1) is 19.1. The number of benzene rings is 1. The van der Waals surface area contributed by atoms with Gasteiger partial charge in [-0.2, -0.15) is 4.31 Å². The minimum atomic E-state index is -3.59. The molecule has 1 saturated heterocycles. The van der Waals surface area contributed by atoms with Crippen LogP contribution in [0.25, 0.3) is 0 Å². The molecule has 1 aliphatic rings. The van der Waals surface area contributed by atoms with Crippen molar-refractivity contribution in [2.75, 3.05) is 20.2 Å². The number of carbonyl (C=O) groups excluding carboxylic acids is 1. The zero-order chi connectivity index (χ0) is 19.4. The van der Waals surface area contributed by atoms with Crippen LogP contribution in [0.3, 0.4) is 0 Å². The van der Waals surface area contributed by atoms with E-state index >= 15 is 0 Å². The van der Waals surface area contributed by atoms with Crippen molar-refractivity contribution in [2.45, 2.75) is 23.8 Å². The second kappa shape index (κ2) is 7.93. The molecule has 0 radical (unpaired) electrons. The lowest BCUT2D eigenvalue weighted by atomic mass is 10.1. The van der Waals surface area contributed by atoms with Crippen LogP contribution in [0.2, 0.25) is 0 Å². The molecule has 1 aromatic carbocycles. The van der Waals surface area contributed by atoms with E-state index in [9.17, 15) is 18.0 Å². The molecule has 1 amide bonds. The fourth-order valence-corrected chi connectivity index (χ4v) is 4.47. The van der Waals surface area contributed by atoms with Gasteiger partial charge in [-0.1, -0.05) is 0 Å². The molecule has 2 N–H and O–H groups in total. The van der Waals surface area contributed by atoms with Crippen molar-refractivity contribution in [1.29, 1.82) is 0 Å². The molecule has 27 heavy (non-hydrogen) atoms. The standard InChI is InChI=1S/C18H21N3O5S/c1-26-14-4-6-15(7-5-14)27(24,25)21-11-8-13(9-12-21)20-18(23)16-3-2-10-19-17(16)22/h2-7,10,13H,8-9,11-12H2,1H3,(H,19,22)(H,20,23). The molecule has 2 heterocycles. The SMILES string of the molecule is COc1ccc(S(=O)(=O)N2CCC(NC(=O)c3ccc[nH]c3=O)CC2)cc1. The molecule has 9 heteroatoms. The Labute approximate surface area is 157 Å². The molecule has 8 nitrogen and oxygen atoms in total. The van der Waals surface area contributed by atoms with E-state index in [1.54, 1.807) is 18.2 Å². The molecular weight excluding hydrogens is 370 g/mol. The van der Waals surface area contributed by atoms with E-state index in [-0.39, 0.29) is 16.5 Å². The summed E-state index contributed by atoms with van der Waals surface area (Å²) in [4.78, 5) is 26.6. The summed E-state index contributed by atoms with van der Waals surface area (Å²) in [6, 6.07) is 9.11. The third-order valence-corrected chi connectivity index (χ3v) is 6.46. The number of nitrogens with zero attached hydrogens (tertiary/aromatic N) is 1. The van der Waals surface area contributed by atoms with E-state index in [0.717, 1.165) is 0 Å². The quantitative estimate of drug-likeness (QED) is 0.789. The van der Waals surface area contributed by atoms with E-state index in [1.807, 2.05) is 0 Å². The lowest BCUT2D eigenvalue weighted by Crippen LogP contribution is -2.47. The van der Waals surface area contributed by atoms with E-state index in [4.69, 9.17) is 4.74 Å². The molecule has 1 fully saturated rings. The lowest BCUT2D eigenvalue weighted by molar-refractivity contribution is 0.0922. The number of sulfonamides is 1. The van der Waals surface area contributed by atoms with Gasteiger partial charge in [-0.3, -0.25) is 9.59 Å². The van der Waals surface area contributed by atoms with E-state index in [0.29, 0.717) is 31.7 Å². The molecule has 1 aromatic heterocycles. The van der Waals surface area contributed by atoms with Crippen LogP contribution in [0.1, 0.15) is 23.2 Å². The number of piperidine rings is 1. The van der Waals surface area contributed by atoms with Crippen LogP contribution in [-0.2, 0) is 10.0 Å². The number of pyridine rings is 1. The van der Waals surface area contributed by atoms with Crippen LogP contribution >= 0.6 is 0 Å². The fourth-order valence-electron chi connectivity index (χ4n) is 3.00. The predicted molar refractivity (Wildman–Crippen MR) is 99.3 cm³/mol. The summed E-state index contributed by atoms with van der Waals surface area (Å²) in [5, 5.41) is 2.81. The van der Waals surface area contributed by atoms with Gasteiger partial charge < -0.3 is 15.0 Å². The van der Waals surface area contributed by atoms with Gasteiger partial charge in [-0.15, -0.1) is 0 Å². The summed E-state index contributed by atoms with van der Waals surface area (Å²) < 4.78 is 31.9. The van der Waals surface area contributed by atoms with E-state index in [1.165, 1.54) is 35.8 Å². The summed E-state index contributed by atoms with van der Waals surface area (Å²) in [7, 11) is -2.07. The second-order valence-electron chi connectivity index (χ2n) is 6.24. The van der Waals surface area contributed by atoms with Crippen LogP contribution in [0.5, 0.6) is 5.75 Å². The average molecular weight is 391 g/mol. The second-order valence-corrected chi connectivity index (χ2v) is 8.18. The zero-order valence-corrected chi connectivity index (χ0v) is 15.7. The first-order valence-corrected chi connectivity index (χ1v) is 9.98. The number of hydrogen-bond acceptors (Lipinski definition) is 5. The van der Waals surface area contributed by atoms with Gasteiger partial charge in [0.15, 0.2) is 0 Å². The Bertz CT molecular complexity index is 961. The number of amides is 1. The maximum atomic E-state index is 12.7. The summed E-state index contributed by atoms with van der Waals surface area (Å²) in [6.45, 7) is 0.592. The molecule has 2 aromatic rings. The average Bonchev–Trinajstić information content (AvgIpc) is 2.68. The molecule has 0 unspecified atom stereocenters. The Hall–Kier alpha value is -2.65. The number of aromatic nitrogens is 1. The van der Waals surface area contributed by atoms with Crippen LogP contribution in [0, 0.1) is 0 Å². The van der Waals surface area contributed by atoms with Crippen LogP contribution in [0.4, 0.5) is 0 Å². The number of ether oxygens (including phenoxy) is 1. The molecule has 144 valence electrons. The first-order chi connectivity index (χ1) is 12.9. The molecule has 1 aliphatic heterocycles. The maximum absolute atomic E-state index is 12.7. The van der Waals surface area contributed by atoms with Gasteiger partial charge in [-0.05, 0) is 49.2 Å². The Morgan fingerprint density at radius 2 is 1.85 bits per heavy atom. The van der Waals surface area contributed by atoms with Crippen molar-refractivity contribution in [3.05, 3.63) is 58.5 Å². The van der Waals surface area contributed by atoms with Crippen molar-refractivity contribution in [3.8, 4) is 5.75 Å². The minimum Gasteiger partial charge on any atom is -0.497 e. The first-order valence-electron chi connectivity index (χ1n) is 8.54. The number of carbonyl (C=O) groups is 1. The Kier molecular flexibility index (Phi) is 5.62. The van der Waals surface area contributed by atoms with Crippen LogP contribution in [0.15, 0.2) is 52.3 Å². The van der Waals surface area contributed by atoms with E-state index in [2.05, 4.69) is 10.3 Å². The largest absolute Gasteiger partial charge is 0.497 e. The van der Waals surface area contributed by atoms with Gasteiger partial charge in [0.05, 0.1) is 12.0 Å². The van der Waals surface area contributed by atoms with Gasteiger partial charge in [0, 0.05) is 25.3 Å². The molecular formula is C18H21N3O5S. The Morgan fingerprint density at radius 3 is 2.44 bits per heavy atom. The number of hydrogen-bond donors (Lipinski definition) is 2. The summed E-state index contributed by atoms with van der Waals surface area (Å²) in [5.74, 6) is 0.139. The van der Waals surface area contributed by atoms with Crippen molar-refractivity contribution in [2.24, 2.45) is 0 Å².